The third-order valence-corrected chi connectivity index (χ3v) is 7.16. The van der Waals surface area contributed by atoms with Gasteiger partial charge in [0, 0.05) is 12.1 Å². The standard InChI is InChI=1S/C16H21NO5S/c1-9-7-15(10(2)6-14(9)22-3)23(20,21)17-11-4-5-13(17)12(8-11)16(18)19/h6-7,11-13H,4-5,8H2,1-3H3,(H,18,19). The Morgan fingerprint density at radius 2 is 1.96 bits per heavy atom. The summed E-state index contributed by atoms with van der Waals surface area (Å²) in [5.41, 5.74) is 1.36. The Balaban J connectivity index is 2.04. The van der Waals surface area contributed by atoms with Crippen LogP contribution in [0.4, 0.5) is 0 Å². The molecular weight excluding hydrogens is 318 g/mol. The average molecular weight is 339 g/mol. The molecule has 0 spiro atoms. The second-order valence-corrected chi connectivity index (χ2v) is 8.21. The van der Waals surface area contributed by atoms with Gasteiger partial charge >= 0.3 is 5.97 Å². The van der Waals surface area contributed by atoms with Gasteiger partial charge in [-0.05, 0) is 56.4 Å². The first kappa shape index (κ1) is 16.3. The van der Waals surface area contributed by atoms with Crippen LogP contribution in [0.1, 0.15) is 30.4 Å². The number of aryl methyl sites for hydroxylation is 2. The van der Waals surface area contributed by atoms with E-state index in [4.69, 9.17) is 4.74 Å². The van der Waals surface area contributed by atoms with E-state index in [9.17, 15) is 18.3 Å². The van der Waals surface area contributed by atoms with E-state index in [1.54, 1.807) is 33.1 Å². The molecule has 1 aromatic rings. The molecule has 1 N–H and O–H groups in total. The molecule has 0 radical (unpaired) electrons. The van der Waals surface area contributed by atoms with Crippen molar-refractivity contribution in [3.05, 3.63) is 23.3 Å². The minimum absolute atomic E-state index is 0.201. The van der Waals surface area contributed by atoms with Crippen LogP contribution in [0.3, 0.4) is 0 Å². The summed E-state index contributed by atoms with van der Waals surface area (Å²) in [4.78, 5) is 11.6. The Hall–Kier alpha value is -1.60. The molecule has 3 atom stereocenters. The molecule has 3 unspecified atom stereocenters. The average Bonchev–Trinajstić information content (AvgIpc) is 3.07. The van der Waals surface area contributed by atoms with E-state index in [0.717, 1.165) is 12.0 Å². The number of carboxylic acid groups (broad SMARTS) is 1. The van der Waals surface area contributed by atoms with Crippen molar-refractivity contribution in [3.8, 4) is 5.75 Å². The molecule has 23 heavy (non-hydrogen) atoms. The molecule has 0 aliphatic carbocycles. The number of benzene rings is 1. The normalized spacial score (nSPS) is 27.3. The van der Waals surface area contributed by atoms with Crippen molar-refractivity contribution >= 4 is 16.0 Å². The lowest BCUT2D eigenvalue weighted by atomic mass is 9.89. The van der Waals surface area contributed by atoms with Crippen molar-refractivity contribution in [1.82, 2.24) is 4.31 Å². The van der Waals surface area contributed by atoms with Gasteiger partial charge in [0.15, 0.2) is 0 Å². The number of nitrogens with zero attached hydrogens (tertiary/aromatic N) is 1. The zero-order chi connectivity index (χ0) is 16.9. The Bertz CT molecular complexity index is 758. The molecule has 2 saturated heterocycles. The zero-order valence-electron chi connectivity index (χ0n) is 13.4. The quantitative estimate of drug-likeness (QED) is 0.906. The molecule has 0 aromatic heterocycles. The predicted molar refractivity (Wildman–Crippen MR) is 84.0 cm³/mol. The summed E-state index contributed by atoms with van der Waals surface area (Å²) in [5.74, 6) is -0.850. The molecule has 1 aromatic carbocycles. The van der Waals surface area contributed by atoms with Gasteiger partial charge in [-0.15, -0.1) is 0 Å². The van der Waals surface area contributed by atoms with Crippen LogP contribution >= 0.6 is 0 Å². The number of carboxylic acids is 1. The largest absolute Gasteiger partial charge is 0.496 e. The first-order chi connectivity index (χ1) is 10.8. The maximum Gasteiger partial charge on any atom is 0.308 e. The summed E-state index contributed by atoms with van der Waals surface area (Å²) in [7, 11) is -2.16. The second-order valence-electron chi connectivity index (χ2n) is 6.40. The SMILES string of the molecule is COc1cc(C)c(S(=O)(=O)N2C3CCC2C(C(=O)O)C3)cc1C. The van der Waals surface area contributed by atoms with E-state index >= 15 is 0 Å². The molecule has 2 aliphatic heterocycles. The van der Waals surface area contributed by atoms with E-state index < -0.39 is 28.0 Å². The van der Waals surface area contributed by atoms with Crippen molar-refractivity contribution in [2.45, 2.75) is 50.1 Å². The minimum Gasteiger partial charge on any atom is -0.496 e. The monoisotopic (exact) mass is 339 g/mol. The van der Waals surface area contributed by atoms with Crippen LogP contribution in [0.25, 0.3) is 0 Å². The van der Waals surface area contributed by atoms with E-state index in [-0.39, 0.29) is 10.9 Å². The van der Waals surface area contributed by atoms with Crippen molar-refractivity contribution in [1.29, 1.82) is 0 Å². The number of carbonyl (C=O) groups is 1. The van der Waals surface area contributed by atoms with Crippen molar-refractivity contribution < 1.29 is 23.1 Å². The molecular formula is C16H21NO5S. The molecule has 2 heterocycles. The molecule has 0 amide bonds. The lowest BCUT2D eigenvalue weighted by molar-refractivity contribution is -0.142. The van der Waals surface area contributed by atoms with Crippen LogP contribution in [0.5, 0.6) is 5.75 Å². The number of sulfonamides is 1. The molecule has 126 valence electrons. The first-order valence-corrected chi connectivity index (χ1v) is 9.13. The van der Waals surface area contributed by atoms with Gasteiger partial charge < -0.3 is 9.84 Å². The van der Waals surface area contributed by atoms with Gasteiger partial charge in [-0.1, -0.05) is 0 Å². The van der Waals surface area contributed by atoms with Gasteiger partial charge in [-0.3, -0.25) is 4.79 Å². The van der Waals surface area contributed by atoms with Crippen LogP contribution in [-0.2, 0) is 14.8 Å². The minimum atomic E-state index is -3.70. The summed E-state index contributed by atoms with van der Waals surface area (Å²) >= 11 is 0. The number of hydrogen-bond acceptors (Lipinski definition) is 4. The van der Waals surface area contributed by atoms with Crippen molar-refractivity contribution in [2.24, 2.45) is 5.92 Å². The van der Waals surface area contributed by atoms with Crippen LogP contribution in [0.15, 0.2) is 17.0 Å². The van der Waals surface area contributed by atoms with E-state index in [1.807, 2.05) is 0 Å². The number of hydrogen-bond donors (Lipinski definition) is 1. The van der Waals surface area contributed by atoms with Crippen molar-refractivity contribution in [2.75, 3.05) is 7.11 Å². The molecule has 7 heteroatoms. The van der Waals surface area contributed by atoms with Gasteiger partial charge in [-0.25, -0.2) is 8.42 Å². The molecule has 3 rings (SSSR count). The smallest absolute Gasteiger partial charge is 0.308 e. The number of methoxy groups -OCH3 is 1. The summed E-state index contributed by atoms with van der Waals surface area (Å²) in [6, 6.07) is 2.71. The van der Waals surface area contributed by atoms with Gasteiger partial charge in [0.1, 0.15) is 5.75 Å². The molecule has 6 nitrogen and oxygen atoms in total. The maximum absolute atomic E-state index is 13.1. The Morgan fingerprint density at radius 3 is 2.52 bits per heavy atom. The van der Waals surface area contributed by atoms with E-state index in [0.29, 0.717) is 24.2 Å². The highest BCUT2D eigenvalue weighted by Gasteiger charge is 2.54. The topological polar surface area (TPSA) is 83.9 Å². The summed E-state index contributed by atoms with van der Waals surface area (Å²) < 4.78 is 32.9. The third-order valence-electron chi connectivity index (χ3n) is 5.04. The second kappa shape index (κ2) is 5.49. The Labute approximate surface area is 136 Å². The highest BCUT2D eigenvalue weighted by molar-refractivity contribution is 7.89. The lowest BCUT2D eigenvalue weighted by Gasteiger charge is -2.24. The first-order valence-electron chi connectivity index (χ1n) is 7.69. The van der Waals surface area contributed by atoms with Crippen LogP contribution in [0.2, 0.25) is 0 Å². The summed E-state index contributed by atoms with van der Waals surface area (Å²) in [6.45, 7) is 3.54. The van der Waals surface area contributed by atoms with Crippen molar-refractivity contribution in [3.63, 3.8) is 0 Å². The Morgan fingerprint density at radius 1 is 1.26 bits per heavy atom. The van der Waals surface area contributed by atoms with Gasteiger partial charge in [0.2, 0.25) is 10.0 Å². The third kappa shape index (κ3) is 2.42. The highest BCUT2D eigenvalue weighted by atomic mass is 32.2. The fourth-order valence-electron chi connectivity index (χ4n) is 3.95. The van der Waals surface area contributed by atoms with Gasteiger partial charge in [0.05, 0.1) is 17.9 Å². The summed E-state index contributed by atoms with van der Waals surface area (Å²) in [5, 5.41) is 9.32. The molecule has 2 aliphatic rings. The van der Waals surface area contributed by atoms with E-state index in [1.165, 1.54) is 4.31 Å². The number of ether oxygens (including phenoxy) is 1. The molecule has 2 bridgehead atoms. The number of rotatable bonds is 4. The Kier molecular flexibility index (Phi) is 3.88. The van der Waals surface area contributed by atoms with Crippen LogP contribution in [-0.4, -0.2) is 43.0 Å². The molecule has 0 saturated carbocycles. The lowest BCUT2D eigenvalue weighted by Crippen LogP contribution is -2.38. The van der Waals surface area contributed by atoms with Gasteiger partial charge in [-0.2, -0.15) is 4.31 Å². The van der Waals surface area contributed by atoms with Crippen LogP contribution in [0, 0.1) is 19.8 Å². The van der Waals surface area contributed by atoms with Crippen LogP contribution < -0.4 is 4.74 Å². The fraction of sp³-hybridized carbons (Fsp3) is 0.562. The number of fused-ring (bicyclic) bond motifs is 2. The number of aliphatic carboxylic acids is 1. The van der Waals surface area contributed by atoms with E-state index in [2.05, 4.69) is 0 Å². The molecule has 2 fully saturated rings. The van der Waals surface area contributed by atoms with Gasteiger partial charge in [0.25, 0.3) is 0 Å². The highest BCUT2D eigenvalue weighted by Crippen LogP contribution is 2.45. The summed E-state index contributed by atoms with van der Waals surface area (Å²) in [6.07, 6.45) is 1.77. The zero-order valence-corrected chi connectivity index (χ0v) is 14.3. The predicted octanol–water partition coefficient (Wildman–Crippen LogP) is 1.94. The fourth-order valence-corrected chi connectivity index (χ4v) is 6.16. The maximum atomic E-state index is 13.1.